The Bertz CT molecular complexity index is 558. The first kappa shape index (κ1) is 19.5. The summed E-state index contributed by atoms with van der Waals surface area (Å²) in [5.74, 6) is -0.934. The maximum Gasteiger partial charge on any atom is 0.349 e. The summed E-state index contributed by atoms with van der Waals surface area (Å²) in [6.45, 7) is 9.57. The van der Waals surface area contributed by atoms with Gasteiger partial charge < -0.3 is 15.2 Å². The molecule has 1 aromatic rings. The molecule has 0 bridgehead atoms. The predicted octanol–water partition coefficient (Wildman–Crippen LogP) is 4.33. The molecular weight excluding hydrogens is 314 g/mol. The van der Waals surface area contributed by atoms with Gasteiger partial charge in [0.25, 0.3) is 0 Å². The van der Waals surface area contributed by atoms with Crippen molar-refractivity contribution in [2.45, 2.75) is 65.9 Å². The lowest BCUT2D eigenvalue weighted by atomic mass is 10.1. The van der Waals surface area contributed by atoms with E-state index in [2.05, 4.69) is 6.92 Å². The van der Waals surface area contributed by atoms with Crippen molar-refractivity contribution in [3.8, 4) is 0 Å². The highest BCUT2D eigenvalue weighted by atomic mass is 32.1. The molecule has 0 atom stereocenters. The van der Waals surface area contributed by atoms with E-state index in [1.165, 1.54) is 0 Å². The Balaban J connectivity index is 2.77. The van der Waals surface area contributed by atoms with Gasteiger partial charge in [-0.3, -0.25) is 0 Å². The first-order chi connectivity index (χ1) is 10.7. The average molecular weight is 341 g/mol. The van der Waals surface area contributed by atoms with E-state index >= 15 is 0 Å². The lowest BCUT2D eigenvalue weighted by molar-refractivity contribution is 0.00745. The van der Waals surface area contributed by atoms with Gasteiger partial charge in [-0.1, -0.05) is 26.2 Å². The maximum atomic E-state index is 12.2. The minimum absolute atomic E-state index is 0.284. The van der Waals surface area contributed by atoms with Gasteiger partial charge in [-0.05, 0) is 39.7 Å². The monoisotopic (exact) mass is 341 g/mol. The van der Waals surface area contributed by atoms with E-state index in [9.17, 15) is 9.59 Å². The number of nitrogens with two attached hydrogens (primary N) is 1. The number of thiophene rings is 1. The number of carbonyl (C=O) groups excluding carboxylic acids is 2. The fraction of sp³-hybridized carbons (Fsp3) is 0.647. The molecule has 0 amide bonds. The molecule has 1 heterocycles. The number of unbranched alkanes of at least 4 members (excludes halogenated alkanes) is 3. The first-order valence-electron chi connectivity index (χ1n) is 7.96. The fourth-order valence-corrected chi connectivity index (χ4v) is 3.01. The molecule has 23 heavy (non-hydrogen) atoms. The molecule has 0 saturated heterocycles. The second-order valence-corrected chi connectivity index (χ2v) is 7.55. The van der Waals surface area contributed by atoms with Gasteiger partial charge in [-0.2, -0.15) is 0 Å². The summed E-state index contributed by atoms with van der Waals surface area (Å²) >= 11 is 1.07. The molecule has 0 fully saturated rings. The third kappa shape index (κ3) is 5.86. The molecule has 1 aromatic heterocycles. The van der Waals surface area contributed by atoms with Crippen LogP contribution >= 0.6 is 11.3 Å². The first-order valence-corrected chi connectivity index (χ1v) is 8.78. The highest BCUT2D eigenvalue weighted by Crippen LogP contribution is 2.32. The Morgan fingerprint density at radius 1 is 1.13 bits per heavy atom. The van der Waals surface area contributed by atoms with Gasteiger partial charge in [-0.25, -0.2) is 9.59 Å². The summed E-state index contributed by atoms with van der Waals surface area (Å²) in [7, 11) is 0. The minimum atomic E-state index is -0.595. The van der Waals surface area contributed by atoms with Crippen LogP contribution in [0.15, 0.2) is 0 Å². The van der Waals surface area contributed by atoms with Crippen LogP contribution in [0.2, 0.25) is 0 Å². The molecule has 2 N–H and O–H groups in total. The maximum absolute atomic E-state index is 12.2. The molecule has 0 aliphatic heterocycles. The van der Waals surface area contributed by atoms with Crippen LogP contribution in [-0.4, -0.2) is 24.1 Å². The zero-order valence-electron chi connectivity index (χ0n) is 14.7. The molecule has 0 spiro atoms. The Morgan fingerprint density at radius 2 is 1.78 bits per heavy atom. The standard InChI is InChI=1S/C17H27NO4S/c1-6-7-8-9-10-21-15(19)12-11(2)13(23-14(12)18)16(20)22-17(3,4)5/h6-10,18H2,1-5H3. The fourth-order valence-electron chi connectivity index (χ4n) is 2.07. The SMILES string of the molecule is CCCCCCOC(=O)c1c(N)sc(C(=O)OC(C)(C)C)c1C. The molecule has 130 valence electrons. The van der Waals surface area contributed by atoms with Gasteiger partial charge >= 0.3 is 11.9 Å². The van der Waals surface area contributed by atoms with Crippen LogP contribution in [0.4, 0.5) is 5.00 Å². The van der Waals surface area contributed by atoms with Crippen LogP contribution in [-0.2, 0) is 9.47 Å². The topological polar surface area (TPSA) is 78.6 Å². The second-order valence-electron chi connectivity index (χ2n) is 6.49. The molecule has 6 heteroatoms. The number of rotatable bonds is 7. The summed E-state index contributed by atoms with van der Waals surface area (Å²) in [4.78, 5) is 24.7. The molecule has 0 radical (unpaired) electrons. The summed E-state index contributed by atoms with van der Waals surface area (Å²) in [6.07, 6.45) is 4.12. The molecule has 0 saturated carbocycles. The van der Waals surface area contributed by atoms with E-state index in [-0.39, 0.29) is 5.56 Å². The van der Waals surface area contributed by atoms with Crippen LogP contribution in [0.3, 0.4) is 0 Å². The van der Waals surface area contributed by atoms with Gasteiger partial charge in [0.15, 0.2) is 0 Å². The van der Waals surface area contributed by atoms with E-state index in [4.69, 9.17) is 15.2 Å². The van der Waals surface area contributed by atoms with Gasteiger partial charge in [-0.15, -0.1) is 11.3 Å². The minimum Gasteiger partial charge on any atom is -0.462 e. The van der Waals surface area contributed by atoms with Crippen molar-refractivity contribution in [1.29, 1.82) is 0 Å². The highest BCUT2D eigenvalue weighted by molar-refractivity contribution is 7.18. The summed E-state index contributed by atoms with van der Waals surface area (Å²) in [5, 5.41) is 0.293. The average Bonchev–Trinajstić information content (AvgIpc) is 2.72. The number of hydrogen-bond donors (Lipinski definition) is 1. The predicted molar refractivity (Wildman–Crippen MR) is 93.1 cm³/mol. The van der Waals surface area contributed by atoms with E-state index < -0.39 is 17.5 Å². The van der Waals surface area contributed by atoms with Crippen LogP contribution in [0.1, 0.15) is 79.0 Å². The van der Waals surface area contributed by atoms with Crippen molar-refractivity contribution in [2.75, 3.05) is 12.3 Å². The van der Waals surface area contributed by atoms with Gasteiger partial charge in [0.1, 0.15) is 15.5 Å². The van der Waals surface area contributed by atoms with Crippen molar-refractivity contribution in [1.82, 2.24) is 0 Å². The molecule has 5 nitrogen and oxygen atoms in total. The molecule has 1 rings (SSSR count). The van der Waals surface area contributed by atoms with Crippen molar-refractivity contribution in [2.24, 2.45) is 0 Å². The quantitative estimate of drug-likeness (QED) is 0.590. The third-order valence-electron chi connectivity index (χ3n) is 3.19. The third-order valence-corrected chi connectivity index (χ3v) is 4.29. The zero-order valence-corrected chi connectivity index (χ0v) is 15.5. The number of hydrogen-bond acceptors (Lipinski definition) is 6. The molecule has 0 aliphatic carbocycles. The van der Waals surface area contributed by atoms with Crippen molar-refractivity contribution in [3.05, 3.63) is 16.0 Å². The van der Waals surface area contributed by atoms with Crippen molar-refractivity contribution < 1.29 is 19.1 Å². The van der Waals surface area contributed by atoms with Gasteiger partial charge in [0.2, 0.25) is 0 Å². The van der Waals surface area contributed by atoms with Crippen LogP contribution in [0.5, 0.6) is 0 Å². The van der Waals surface area contributed by atoms with Gasteiger partial charge in [0, 0.05) is 0 Å². The molecular formula is C17H27NO4S. The highest BCUT2D eigenvalue weighted by Gasteiger charge is 2.27. The smallest absolute Gasteiger partial charge is 0.349 e. The number of ether oxygens (including phenoxy) is 2. The van der Waals surface area contributed by atoms with E-state index in [0.29, 0.717) is 22.0 Å². The Hall–Kier alpha value is -1.56. The van der Waals surface area contributed by atoms with Crippen LogP contribution < -0.4 is 5.73 Å². The van der Waals surface area contributed by atoms with Crippen LogP contribution in [0, 0.1) is 6.92 Å². The molecule has 0 unspecified atom stereocenters. The summed E-state index contributed by atoms with van der Waals surface area (Å²) in [6, 6.07) is 0. The Kier molecular flexibility index (Phi) is 7.06. The summed E-state index contributed by atoms with van der Waals surface area (Å²) < 4.78 is 10.6. The molecule has 0 aliphatic rings. The van der Waals surface area contributed by atoms with Crippen LogP contribution in [0.25, 0.3) is 0 Å². The lowest BCUT2D eigenvalue weighted by Gasteiger charge is -2.19. The van der Waals surface area contributed by atoms with Crippen molar-refractivity contribution in [3.63, 3.8) is 0 Å². The normalized spacial score (nSPS) is 11.3. The lowest BCUT2D eigenvalue weighted by Crippen LogP contribution is -2.23. The number of carbonyl (C=O) groups is 2. The largest absolute Gasteiger partial charge is 0.462 e. The van der Waals surface area contributed by atoms with Crippen molar-refractivity contribution >= 4 is 28.3 Å². The van der Waals surface area contributed by atoms with Gasteiger partial charge in [0.05, 0.1) is 12.2 Å². The summed E-state index contributed by atoms with van der Waals surface area (Å²) in [5.41, 5.74) is 6.12. The number of nitrogen functional groups attached to an aromatic ring is 1. The number of anilines is 1. The zero-order chi connectivity index (χ0) is 17.6. The second kappa shape index (κ2) is 8.34. The Labute approximate surface area is 142 Å². The number of esters is 2. The molecule has 0 aromatic carbocycles. The van der Waals surface area contributed by atoms with E-state index in [0.717, 1.165) is 37.0 Å². The van der Waals surface area contributed by atoms with E-state index in [1.807, 2.05) is 0 Å². The Morgan fingerprint density at radius 3 is 2.35 bits per heavy atom. The van der Waals surface area contributed by atoms with E-state index in [1.54, 1.807) is 27.7 Å².